The van der Waals surface area contributed by atoms with E-state index in [0.717, 1.165) is 24.8 Å². The van der Waals surface area contributed by atoms with Crippen LogP contribution in [0.4, 0.5) is 0 Å². The Bertz CT molecular complexity index is 529. The molecule has 2 rings (SSSR count). The van der Waals surface area contributed by atoms with Gasteiger partial charge < -0.3 is 5.11 Å². The van der Waals surface area contributed by atoms with Gasteiger partial charge in [0.05, 0.1) is 0 Å². The monoisotopic (exact) mass is 320 g/mol. The third-order valence-corrected chi connectivity index (χ3v) is 6.59. The summed E-state index contributed by atoms with van der Waals surface area (Å²) in [6.45, 7) is 11.0. The van der Waals surface area contributed by atoms with Crippen molar-refractivity contribution in [3.8, 4) is 0 Å². The topological polar surface area (TPSA) is 54.4 Å². The van der Waals surface area contributed by atoms with Crippen molar-refractivity contribution in [1.29, 1.82) is 0 Å². The van der Waals surface area contributed by atoms with E-state index in [4.69, 9.17) is 5.11 Å². The van der Waals surface area contributed by atoms with E-state index in [2.05, 4.69) is 20.8 Å². The Balaban J connectivity index is 2.26. The Kier molecular flexibility index (Phi) is 5.08. The van der Waals surface area contributed by atoms with Crippen LogP contribution in [-0.4, -0.2) is 16.9 Å². The first-order valence-electron chi connectivity index (χ1n) is 9.03. The van der Waals surface area contributed by atoms with Crippen molar-refractivity contribution in [1.82, 2.24) is 0 Å². The number of aliphatic carboxylic acids is 1. The van der Waals surface area contributed by atoms with Gasteiger partial charge in [0.2, 0.25) is 0 Å². The smallest absolute Gasteiger partial charge is 0.303 e. The number of ketones is 1. The fourth-order valence-electron chi connectivity index (χ4n) is 5.18. The van der Waals surface area contributed by atoms with E-state index >= 15 is 0 Å². The molecule has 0 unspecified atom stereocenters. The molecule has 0 radical (unpaired) electrons. The summed E-state index contributed by atoms with van der Waals surface area (Å²) in [6.07, 6.45) is 6.20. The highest BCUT2D eigenvalue weighted by Crippen LogP contribution is 2.59. The zero-order valence-corrected chi connectivity index (χ0v) is 15.4. The average Bonchev–Trinajstić information content (AvgIpc) is 2.40. The molecule has 2 aliphatic rings. The molecule has 23 heavy (non-hydrogen) atoms. The number of carbonyl (C=O) groups is 2. The lowest BCUT2D eigenvalue weighted by atomic mass is 9.49. The van der Waals surface area contributed by atoms with Crippen LogP contribution in [0.3, 0.4) is 0 Å². The van der Waals surface area contributed by atoms with Gasteiger partial charge in [-0.25, -0.2) is 0 Å². The van der Waals surface area contributed by atoms with Crippen LogP contribution in [-0.2, 0) is 9.59 Å². The first kappa shape index (κ1) is 18.2. The standard InChI is InChI=1S/C20H32O3/c1-13(11-18(22)23)7-8-15-14(2)16(21)12-17-19(3,4)9-6-10-20(15,17)5/h13,17H,6-12H2,1-5H3,(H,22,23)/t13-,17-,20-/m1/s1. The van der Waals surface area contributed by atoms with Gasteiger partial charge in [0.1, 0.15) is 0 Å². The van der Waals surface area contributed by atoms with E-state index in [1.807, 2.05) is 13.8 Å². The van der Waals surface area contributed by atoms with Crippen molar-refractivity contribution in [2.45, 2.75) is 79.6 Å². The molecular weight excluding hydrogens is 288 g/mol. The molecule has 3 nitrogen and oxygen atoms in total. The maximum absolute atomic E-state index is 12.6. The number of Topliss-reactive ketones (excluding diaryl/α,β-unsaturated/α-hetero) is 1. The minimum atomic E-state index is -0.731. The van der Waals surface area contributed by atoms with Crippen molar-refractivity contribution in [2.75, 3.05) is 0 Å². The molecule has 0 aromatic carbocycles. The van der Waals surface area contributed by atoms with Crippen molar-refractivity contribution >= 4 is 11.8 Å². The quantitative estimate of drug-likeness (QED) is 0.775. The molecule has 0 bridgehead atoms. The van der Waals surface area contributed by atoms with Crippen molar-refractivity contribution in [3.05, 3.63) is 11.1 Å². The first-order chi connectivity index (χ1) is 10.6. The molecule has 1 N–H and O–H groups in total. The zero-order chi connectivity index (χ0) is 17.4. The fourth-order valence-corrected chi connectivity index (χ4v) is 5.18. The summed E-state index contributed by atoms with van der Waals surface area (Å²) in [5.41, 5.74) is 2.61. The number of carboxylic acid groups (broad SMARTS) is 1. The predicted molar refractivity (Wildman–Crippen MR) is 92.2 cm³/mol. The maximum atomic E-state index is 12.6. The molecule has 0 aromatic rings. The van der Waals surface area contributed by atoms with Crippen molar-refractivity contribution in [3.63, 3.8) is 0 Å². The summed E-state index contributed by atoms with van der Waals surface area (Å²) in [4.78, 5) is 23.4. The summed E-state index contributed by atoms with van der Waals surface area (Å²) in [7, 11) is 0. The maximum Gasteiger partial charge on any atom is 0.303 e. The van der Waals surface area contributed by atoms with Gasteiger partial charge >= 0.3 is 5.97 Å². The minimum absolute atomic E-state index is 0.114. The number of hydrogen-bond donors (Lipinski definition) is 1. The second kappa shape index (κ2) is 6.41. The first-order valence-corrected chi connectivity index (χ1v) is 9.03. The Morgan fingerprint density at radius 3 is 2.57 bits per heavy atom. The van der Waals surface area contributed by atoms with Crippen LogP contribution in [0.2, 0.25) is 0 Å². The molecule has 0 aromatic heterocycles. The van der Waals surface area contributed by atoms with Gasteiger partial charge in [-0.2, -0.15) is 0 Å². The van der Waals surface area contributed by atoms with Crippen molar-refractivity contribution < 1.29 is 14.7 Å². The van der Waals surface area contributed by atoms with E-state index in [-0.39, 0.29) is 23.2 Å². The molecule has 0 spiro atoms. The second-order valence-corrected chi connectivity index (χ2v) is 8.78. The third-order valence-electron chi connectivity index (χ3n) is 6.59. The number of rotatable bonds is 5. The molecule has 130 valence electrons. The highest BCUT2D eigenvalue weighted by Gasteiger charge is 2.51. The Morgan fingerprint density at radius 1 is 1.30 bits per heavy atom. The molecule has 3 heteroatoms. The lowest BCUT2D eigenvalue weighted by molar-refractivity contribution is -0.138. The number of carbonyl (C=O) groups excluding carboxylic acids is 1. The normalized spacial score (nSPS) is 31.7. The third kappa shape index (κ3) is 3.54. The minimum Gasteiger partial charge on any atom is -0.481 e. The predicted octanol–water partition coefficient (Wildman–Crippen LogP) is 5.00. The SMILES string of the molecule is CC1=C(CC[C@@H](C)CC(=O)O)[C@@]2(C)CCCC(C)(C)[C@H]2CC1=O. The summed E-state index contributed by atoms with van der Waals surface area (Å²) in [5.74, 6) is 0.155. The molecule has 2 aliphatic carbocycles. The lowest BCUT2D eigenvalue weighted by Crippen LogP contribution is -2.47. The summed E-state index contributed by atoms with van der Waals surface area (Å²) < 4.78 is 0. The Hall–Kier alpha value is -1.12. The van der Waals surface area contributed by atoms with Gasteiger partial charge in [-0.3, -0.25) is 9.59 Å². The van der Waals surface area contributed by atoms with Crippen LogP contribution in [0.1, 0.15) is 79.6 Å². The van der Waals surface area contributed by atoms with Crippen LogP contribution in [0.25, 0.3) is 0 Å². The molecule has 0 saturated heterocycles. The summed E-state index contributed by atoms with van der Waals surface area (Å²) in [6, 6.07) is 0. The largest absolute Gasteiger partial charge is 0.481 e. The fraction of sp³-hybridized carbons (Fsp3) is 0.800. The van der Waals surface area contributed by atoms with Crippen molar-refractivity contribution in [2.24, 2.45) is 22.7 Å². The van der Waals surface area contributed by atoms with E-state index in [1.165, 1.54) is 18.4 Å². The van der Waals surface area contributed by atoms with E-state index in [1.54, 1.807) is 0 Å². The molecule has 0 aliphatic heterocycles. The van der Waals surface area contributed by atoms with Gasteiger partial charge in [-0.15, -0.1) is 0 Å². The highest BCUT2D eigenvalue weighted by atomic mass is 16.4. The second-order valence-electron chi connectivity index (χ2n) is 8.78. The van der Waals surface area contributed by atoms with Gasteiger partial charge in [-0.1, -0.05) is 39.7 Å². The Morgan fingerprint density at radius 2 is 1.96 bits per heavy atom. The number of allylic oxidation sites excluding steroid dienone is 2. The van der Waals surface area contributed by atoms with Gasteiger partial charge in [0.15, 0.2) is 5.78 Å². The Labute approximate surface area is 140 Å². The molecule has 3 atom stereocenters. The number of fused-ring (bicyclic) bond motifs is 1. The van der Waals surface area contributed by atoms with Gasteiger partial charge in [0.25, 0.3) is 0 Å². The molecule has 1 fully saturated rings. The number of carboxylic acids is 1. The molecule has 0 heterocycles. The molecular formula is C20H32O3. The summed E-state index contributed by atoms with van der Waals surface area (Å²) >= 11 is 0. The number of hydrogen-bond acceptors (Lipinski definition) is 2. The van der Waals surface area contributed by atoms with Crippen LogP contribution in [0, 0.1) is 22.7 Å². The molecule has 1 saturated carbocycles. The van der Waals surface area contributed by atoms with Crippen LogP contribution >= 0.6 is 0 Å². The average molecular weight is 320 g/mol. The van der Waals surface area contributed by atoms with Crippen LogP contribution in [0.5, 0.6) is 0 Å². The lowest BCUT2D eigenvalue weighted by Gasteiger charge is -2.54. The van der Waals surface area contributed by atoms with Crippen LogP contribution < -0.4 is 0 Å². The highest BCUT2D eigenvalue weighted by molar-refractivity contribution is 5.97. The van der Waals surface area contributed by atoms with Crippen LogP contribution in [0.15, 0.2) is 11.1 Å². The van der Waals surface area contributed by atoms with Gasteiger partial charge in [0, 0.05) is 12.8 Å². The van der Waals surface area contributed by atoms with E-state index in [9.17, 15) is 9.59 Å². The van der Waals surface area contributed by atoms with Gasteiger partial charge in [-0.05, 0) is 60.8 Å². The van der Waals surface area contributed by atoms with E-state index < -0.39 is 5.97 Å². The zero-order valence-electron chi connectivity index (χ0n) is 15.4. The summed E-state index contributed by atoms with van der Waals surface area (Å²) in [5, 5.41) is 8.96. The van der Waals surface area contributed by atoms with E-state index in [0.29, 0.717) is 18.1 Å². The molecule has 0 amide bonds.